The summed E-state index contributed by atoms with van der Waals surface area (Å²) in [6.45, 7) is 5.34. The molecule has 0 aromatic carbocycles. The van der Waals surface area contributed by atoms with E-state index in [1.54, 1.807) is 6.33 Å². The van der Waals surface area contributed by atoms with E-state index >= 15 is 0 Å². The summed E-state index contributed by atoms with van der Waals surface area (Å²) in [5.74, 6) is 2.56. The molecule has 1 aliphatic rings. The normalized spacial score (nSPS) is 19.3. The smallest absolute Gasteiger partial charge is 0.134 e. The van der Waals surface area contributed by atoms with Gasteiger partial charge in [-0.2, -0.15) is 0 Å². The van der Waals surface area contributed by atoms with E-state index in [2.05, 4.69) is 26.7 Å². The third kappa shape index (κ3) is 2.90. The predicted molar refractivity (Wildman–Crippen MR) is 73.0 cm³/mol. The molecule has 2 rings (SSSR count). The maximum atomic E-state index is 8.98. The molecule has 18 heavy (non-hydrogen) atoms. The van der Waals surface area contributed by atoms with Crippen molar-refractivity contribution in [2.24, 2.45) is 5.92 Å². The molecule has 0 amide bonds. The number of aliphatic hydroxyl groups excluding tert-OH is 1. The zero-order chi connectivity index (χ0) is 13.0. The van der Waals surface area contributed by atoms with Gasteiger partial charge in [-0.3, -0.25) is 0 Å². The van der Waals surface area contributed by atoms with Crippen LogP contribution in [0.1, 0.15) is 19.8 Å². The van der Waals surface area contributed by atoms with Gasteiger partial charge in [0.15, 0.2) is 0 Å². The molecule has 5 heteroatoms. The fraction of sp³-hybridized carbons (Fsp3) is 0.692. The van der Waals surface area contributed by atoms with Gasteiger partial charge in [-0.25, -0.2) is 9.97 Å². The van der Waals surface area contributed by atoms with Crippen molar-refractivity contribution < 1.29 is 5.11 Å². The minimum atomic E-state index is 0.284. The first-order chi connectivity index (χ1) is 8.74. The van der Waals surface area contributed by atoms with Crippen LogP contribution >= 0.6 is 0 Å². The summed E-state index contributed by atoms with van der Waals surface area (Å²) in [6.07, 6.45) is 3.67. The van der Waals surface area contributed by atoms with E-state index in [4.69, 9.17) is 5.11 Å². The molecule has 1 N–H and O–H groups in total. The lowest BCUT2D eigenvalue weighted by molar-refractivity contribution is 0.263. The molecule has 0 aliphatic carbocycles. The van der Waals surface area contributed by atoms with Crippen LogP contribution in [0.5, 0.6) is 0 Å². The molecule has 2 heterocycles. The SMILES string of the molecule is CCN(C)c1cc(N2CCC(CCO)C2)ncn1. The Labute approximate surface area is 108 Å². The van der Waals surface area contributed by atoms with Crippen molar-refractivity contribution in [1.82, 2.24) is 9.97 Å². The Morgan fingerprint density at radius 1 is 1.50 bits per heavy atom. The second kappa shape index (κ2) is 6.00. The van der Waals surface area contributed by atoms with Crippen molar-refractivity contribution in [3.63, 3.8) is 0 Å². The van der Waals surface area contributed by atoms with Gasteiger partial charge in [0.05, 0.1) is 0 Å². The first-order valence-electron chi connectivity index (χ1n) is 6.63. The van der Waals surface area contributed by atoms with Crippen molar-refractivity contribution in [2.75, 3.05) is 43.1 Å². The molecule has 1 aromatic heterocycles. The van der Waals surface area contributed by atoms with E-state index in [9.17, 15) is 0 Å². The van der Waals surface area contributed by atoms with Crippen LogP contribution in [0.2, 0.25) is 0 Å². The fourth-order valence-corrected chi connectivity index (χ4v) is 2.34. The summed E-state index contributed by atoms with van der Waals surface area (Å²) >= 11 is 0. The van der Waals surface area contributed by atoms with Crippen LogP contribution in [0, 0.1) is 5.92 Å². The Balaban J connectivity index is 2.05. The van der Waals surface area contributed by atoms with Crippen LogP contribution in [0.15, 0.2) is 12.4 Å². The second-order valence-electron chi connectivity index (χ2n) is 4.86. The van der Waals surface area contributed by atoms with E-state index < -0.39 is 0 Å². The number of aliphatic hydroxyl groups is 1. The van der Waals surface area contributed by atoms with Gasteiger partial charge in [0.2, 0.25) is 0 Å². The molecular weight excluding hydrogens is 228 g/mol. The number of hydrogen-bond acceptors (Lipinski definition) is 5. The Morgan fingerprint density at radius 3 is 3.06 bits per heavy atom. The van der Waals surface area contributed by atoms with Crippen LogP contribution < -0.4 is 9.80 Å². The van der Waals surface area contributed by atoms with Gasteiger partial charge in [0, 0.05) is 39.4 Å². The average Bonchev–Trinajstić information content (AvgIpc) is 2.87. The van der Waals surface area contributed by atoms with Gasteiger partial charge in [-0.15, -0.1) is 0 Å². The number of hydrogen-bond donors (Lipinski definition) is 1. The molecule has 1 aromatic rings. The monoisotopic (exact) mass is 250 g/mol. The molecule has 1 fully saturated rings. The zero-order valence-corrected chi connectivity index (χ0v) is 11.2. The minimum Gasteiger partial charge on any atom is -0.396 e. The minimum absolute atomic E-state index is 0.284. The van der Waals surface area contributed by atoms with Crippen LogP contribution in [-0.2, 0) is 0 Å². The molecule has 0 radical (unpaired) electrons. The first kappa shape index (κ1) is 13.1. The predicted octanol–water partition coefficient (Wildman–Crippen LogP) is 1.14. The van der Waals surface area contributed by atoms with Gasteiger partial charge in [-0.1, -0.05) is 0 Å². The summed E-state index contributed by atoms with van der Waals surface area (Å²) in [5.41, 5.74) is 0. The van der Waals surface area contributed by atoms with E-state index in [1.165, 1.54) is 0 Å². The van der Waals surface area contributed by atoms with Crippen LogP contribution in [0.25, 0.3) is 0 Å². The van der Waals surface area contributed by atoms with Gasteiger partial charge in [0.25, 0.3) is 0 Å². The highest BCUT2D eigenvalue weighted by atomic mass is 16.3. The van der Waals surface area contributed by atoms with Crippen molar-refractivity contribution in [3.05, 3.63) is 12.4 Å². The van der Waals surface area contributed by atoms with Crippen molar-refractivity contribution in [3.8, 4) is 0 Å². The topological polar surface area (TPSA) is 52.5 Å². The molecular formula is C13H22N4O. The molecule has 1 unspecified atom stereocenters. The van der Waals surface area contributed by atoms with E-state index in [-0.39, 0.29) is 6.61 Å². The highest BCUT2D eigenvalue weighted by Crippen LogP contribution is 2.25. The molecule has 0 saturated carbocycles. The van der Waals surface area contributed by atoms with Gasteiger partial charge >= 0.3 is 0 Å². The zero-order valence-electron chi connectivity index (χ0n) is 11.2. The van der Waals surface area contributed by atoms with Crippen LogP contribution in [-0.4, -0.2) is 48.4 Å². The van der Waals surface area contributed by atoms with E-state index in [0.717, 1.165) is 44.1 Å². The fourth-order valence-electron chi connectivity index (χ4n) is 2.34. The summed E-state index contributed by atoms with van der Waals surface area (Å²) in [6, 6.07) is 2.05. The summed E-state index contributed by atoms with van der Waals surface area (Å²) in [5, 5.41) is 8.98. The lowest BCUT2D eigenvalue weighted by Crippen LogP contribution is -2.23. The summed E-state index contributed by atoms with van der Waals surface area (Å²) in [7, 11) is 2.03. The van der Waals surface area contributed by atoms with Crippen LogP contribution in [0.4, 0.5) is 11.6 Å². The number of anilines is 2. The number of nitrogens with zero attached hydrogens (tertiary/aromatic N) is 4. The molecule has 1 aliphatic heterocycles. The average molecular weight is 250 g/mol. The van der Waals surface area contributed by atoms with Crippen LogP contribution in [0.3, 0.4) is 0 Å². The number of aromatic nitrogens is 2. The molecule has 1 atom stereocenters. The molecule has 0 bridgehead atoms. The molecule has 5 nitrogen and oxygen atoms in total. The Morgan fingerprint density at radius 2 is 2.33 bits per heavy atom. The molecule has 1 saturated heterocycles. The number of rotatable bonds is 5. The third-order valence-electron chi connectivity index (χ3n) is 3.65. The van der Waals surface area contributed by atoms with Gasteiger partial charge < -0.3 is 14.9 Å². The second-order valence-corrected chi connectivity index (χ2v) is 4.86. The lowest BCUT2D eigenvalue weighted by Gasteiger charge is -2.20. The highest BCUT2D eigenvalue weighted by Gasteiger charge is 2.23. The lowest BCUT2D eigenvalue weighted by atomic mass is 10.1. The van der Waals surface area contributed by atoms with Crippen molar-refractivity contribution in [1.29, 1.82) is 0 Å². The first-order valence-corrected chi connectivity index (χ1v) is 6.63. The summed E-state index contributed by atoms with van der Waals surface area (Å²) in [4.78, 5) is 13.0. The third-order valence-corrected chi connectivity index (χ3v) is 3.65. The Kier molecular flexibility index (Phi) is 4.36. The maximum absolute atomic E-state index is 8.98. The van der Waals surface area contributed by atoms with Crippen molar-refractivity contribution in [2.45, 2.75) is 19.8 Å². The van der Waals surface area contributed by atoms with E-state index in [0.29, 0.717) is 5.92 Å². The van der Waals surface area contributed by atoms with E-state index in [1.807, 2.05) is 13.1 Å². The standard InChI is InChI=1S/C13H22N4O/c1-3-16(2)12-8-13(15-10-14-12)17-6-4-11(9-17)5-7-18/h8,10-11,18H,3-7,9H2,1-2H3. The molecule has 0 spiro atoms. The Hall–Kier alpha value is -1.36. The highest BCUT2D eigenvalue weighted by molar-refractivity contribution is 5.50. The largest absolute Gasteiger partial charge is 0.396 e. The summed E-state index contributed by atoms with van der Waals surface area (Å²) < 4.78 is 0. The maximum Gasteiger partial charge on any atom is 0.134 e. The molecule has 100 valence electrons. The van der Waals surface area contributed by atoms with Gasteiger partial charge in [-0.05, 0) is 25.7 Å². The van der Waals surface area contributed by atoms with Crippen molar-refractivity contribution >= 4 is 11.6 Å². The Bertz CT molecular complexity index is 385. The quantitative estimate of drug-likeness (QED) is 0.849. The van der Waals surface area contributed by atoms with Gasteiger partial charge in [0.1, 0.15) is 18.0 Å².